The van der Waals surface area contributed by atoms with Gasteiger partial charge in [0.25, 0.3) is 0 Å². The number of hydrogen-bond donors (Lipinski definition) is 2. The summed E-state index contributed by atoms with van der Waals surface area (Å²) in [7, 11) is 4.15. The molecule has 0 aromatic heterocycles. The highest BCUT2D eigenvalue weighted by Crippen LogP contribution is 2.31. The first-order chi connectivity index (χ1) is 8.51. The summed E-state index contributed by atoms with van der Waals surface area (Å²) in [6.45, 7) is 4.85. The van der Waals surface area contributed by atoms with Crippen molar-refractivity contribution in [3.63, 3.8) is 0 Å². The van der Waals surface area contributed by atoms with E-state index >= 15 is 0 Å². The summed E-state index contributed by atoms with van der Waals surface area (Å²) in [5.41, 5.74) is 3.04. The first-order valence-corrected chi connectivity index (χ1v) is 6.69. The fourth-order valence-electron chi connectivity index (χ4n) is 2.60. The van der Waals surface area contributed by atoms with E-state index in [0.29, 0.717) is 0 Å². The van der Waals surface area contributed by atoms with Crippen LogP contribution in [0.3, 0.4) is 0 Å². The van der Waals surface area contributed by atoms with E-state index in [2.05, 4.69) is 49.4 Å². The zero-order chi connectivity index (χ0) is 13.2. The Labute approximate surface area is 110 Å². The fraction of sp³-hybridized carbons (Fsp3) is 0.600. The van der Waals surface area contributed by atoms with Gasteiger partial charge in [-0.15, -0.1) is 0 Å². The van der Waals surface area contributed by atoms with Crippen molar-refractivity contribution < 1.29 is 5.11 Å². The Bertz CT molecular complexity index is 409. The normalized spacial score (nSPS) is 19.2. The molecule has 0 radical (unpaired) electrons. The second-order valence-electron chi connectivity index (χ2n) is 5.66. The summed E-state index contributed by atoms with van der Waals surface area (Å²) in [5.74, 6) is 0. The lowest BCUT2D eigenvalue weighted by Crippen LogP contribution is -2.39. The molecule has 3 heteroatoms. The quantitative estimate of drug-likeness (QED) is 0.853. The Morgan fingerprint density at radius 3 is 2.56 bits per heavy atom. The maximum Gasteiger partial charge on any atom is 0.0920 e. The van der Waals surface area contributed by atoms with Crippen LogP contribution in [0.15, 0.2) is 18.2 Å². The minimum Gasteiger partial charge on any atom is -0.385 e. The monoisotopic (exact) mass is 248 g/mol. The van der Waals surface area contributed by atoms with Crippen LogP contribution in [0.5, 0.6) is 0 Å². The molecule has 3 nitrogen and oxygen atoms in total. The van der Waals surface area contributed by atoms with Gasteiger partial charge in [-0.2, -0.15) is 0 Å². The van der Waals surface area contributed by atoms with Crippen molar-refractivity contribution in [3.8, 4) is 0 Å². The van der Waals surface area contributed by atoms with Crippen LogP contribution >= 0.6 is 0 Å². The highest BCUT2D eigenvalue weighted by Gasteiger charge is 2.31. The van der Waals surface area contributed by atoms with Crippen molar-refractivity contribution in [1.82, 2.24) is 10.2 Å². The predicted molar refractivity (Wildman–Crippen MR) is 74.6 cm³/mol. The van der Waals surface area contributed by atoms with Gasteiger partial charge in [-0.3, -0.25) is 0 Å². The summed E-state index contributed by atoms with van der Waals surface area (Å²) in [6, 6.07) is 6.40. The van der Waals surface area contributed by atoms with Crippen LogP contribution in [0, 0.1) is 6.92 Å². The largest absolute Gasteiger partial charge is 0.385 e. The first kappa shape index (κ1) is 13.5. The van der Waals surface area contributed by atoms with E-state index in [1.165, 1.54) is 11.1 Å². The van der Waals surface area contributed by atoms with E-state index < -0.39 is 5.60 Å². The van der Waals surface area contributed by atoms with Crippen LogP contribution in [-0.2, 0) is 12.1 Å². The van der Waals surface area contributed by atoms with Gasteiger partial charge in [0.05, 0.1) is 5.60 Å². The van der Waals surface area contributed by atoms with Gasteiger partial charge >= 0.3 is 0 Å². The molecule has 1 aliphatic rings. The molecule has 0 atom stereocenters. The molecule has 1 fully saturated rings. The number of aliphatic hydroxyl groups is 1. The van der Waals surface area contributed by atoms with Crippen LogP contribution in [0.25, 0.3) is 0 Å². The second-order valence-corrected chi connectivity index (χ2v) is 5.66. The summed E-state index contributed by atoms with van der Waals surface area (Å²) < 4.78 is 0. The molecule has 0 unspecified atom stereocenters. The molecule has 0 bridgehead atoms. The standard InChI is InChI=1S/C15H24N2O/c1-12-4-5-14(10-13(12)11-17(2)3)15(18)6-8-16-9-7-15/h4-5,10,16,18H,6-9,11H2,1-3H3. The van der Waals surface area contributed by atoms with Crippen molar-refractivity contribution in [1.29, 1.82) is 0 Å². The Morgan fingerprint density at radius 1 is 1.28 bits per heavy atom. The average molecular weight is 248 g/mol. The summed E-state index contributed by atoms with van der Waals surface area (Å²) >= 11 is 0. The maximum atomic E-state index is 10.7. The average Bonchev–Trinajstić information content (AvgIpc) is 2.32. The van der Waals surface area contributed by atoms with Crippen LogP contribution in [0.2, 0.25) is 0 Å². The zero-order valence-electron chi connectivity index (χ0n) is 11.7. The van der Waals surface area contributed by atoms with Gasteiger partial charge in [0, 0.05) is 6.54 Å². The minimum absolute atomic E-state index is 0.639. The highest BCUT2D eigenvalue weighted by atomic mass is 16.3. The molecule has 1 aromatic rings. The van der Waals surface area contributed by atoms with E-state index in [1.807, 2.05) is 0 Å². The number of rotatable bonds is 3. The number of aryl methyl sites for hydroxylation is 1. The molecule has 18 heavy (non-hydrogen) atoms. The van der Waals surface area contributed by atoms with Gasteiger partial charge in [-0.1, -0.05) is 18.2 Å². The maximum absolute atomic E-state index is 10.7. The van der Waals surface area contributed by atoms with Crippen LogP contribution in [0.1, 0.15) is 29.5 Å². The van der Waals surface area contributed by atoms with Gasteiger partial charge in [0.15, 0.2) is 0 Å². The van der Waals surface area contributed by atoms with Crippen molar-refractivity contribution in [2.75, 3.05) is 27.2 Å². The van der Waals surface area contributed by atoms with Crippen molar-refractivity contribution in [2.45, 2.75) is 31.9 Å². The first-order valence-electron chi connectivity index (χ1n) is 6.69. The number of nitrogens with one attached hydrogen (secondary N) is 1. The third-order valence-electron chi connectivity index (χ3n) is 3.80. The molecule has 100 valence electrons. The number of hydrogen-bond acceptors (Lipinski definition) is 3. The lowest BCUT2D eigenvalue weighted by Gasteiger charge is -2.33. The Balaban J connectivity index is 2.28. The lowest BCUT2D eigenvalue weighted by atomic mass is 9.84. The number of benzene rings is 1. The predicted octanol–water partition coefficient (Wildman–Crippen LogP) is 1.63. The summed E-state index contributed by atoms with van der Waals surface area (Å²) in [5, 5.41) is 14.0. The van der Waals surface area contributed by atoms with Crippen molar-refractivity contribution in [3.05, 3.63) is 34.9 Å². The Morgan fingerprint density at radius 2 is 1.94 bits per heavy atom. The smallest absolute Gasteiger partial charge is 0.0920 e. The van der Waals surface area contributed by atoms with Gasteiger partial charge in [0.1, 0.15) is 0 Å². The molecule has 0 amide bonds. The van der Waals surface area contributed by atoms with Gasteiger partial charge in [-0.05, 0) is 63.6 Å². The minimum atomic E-state index is -0.639. The molecular formula is C15H24N2O. The Hall–Kier alpha value is -0.900. The molecular weight excluding hydrogens is 224 g/mol. The third kappa shape index (κ3) is 2.91. The van der Waals surface area contributed by atoms with E-state index in [1.54, 1.807) is 0 Å². The van der Waals surface area contributed by atoms with Gasteiger partial charge in [0.2, 0.25) is 0 Å². The fourth-order valence-corrected chi connectivity index (χ4v) is 2.60. The van der Waals surface area contributed by atoms with E-state index in [0.717, 1.165) is 38.0 Å². The van der Waals surface area contributed by atoms with Crippen LogP contribution < -0.4 is 5.32 Å². The topological polar surface area (TPSA) is 35.5 Å². The van der Waals surface area contributed by atoms with Gasteiger partial charge < -0.3 is 15.3 Å². The molecule has 1 aromatic carbocycles. The second kappa shape index (κ2) is 5.39. The number of piperidine rings is 1. The van der Waals surface area contributed by atoms with Crippen LogP contribution in [-0.4, -0.2) is 37.2 Å². The van der Waals surface area contributed by atoms with Gasteiger partial charge in [-0.25, -0.2) is 0 Å². The Kier molecular flexibility index (Phi) is 4.05. The molecule has 0 saturated carbocycles. The number of nitrogens with zero attached hydrogens (tertiary/aromatic N) is 1. The molecule has 1 heterocycles. The van der Waals surface area contributed by atoms with Crippen LogP contribution in [0.4, 0.5) is 0 Å². The van der Waals surface area contributed by atoms with E-state index in [-0.39, 0.29) is 0 Å². The van der Waals surface area contributed by atoms with Crippen molar-refractivity contribution in [2.24, 2.45) is 0 Å². The summed E-state index contributed by atoms with van der Waals surface area (Å²) in [6.07, 6.45) is 1.61. The SMILES string of the molecule is Cc1ccc(C2(O)CCNCC2)cc1CN(C)C. The molecule has 2 rings (SSSR count). The van der Waals surface area contributed by atoms with Crippen molar-refractivity contribution >= 4 is 0 Å². The highest BCUT2D eigenvalue weighted by molar-refractivity contribution is 5.34. The lowest BCUT2D eigenvalue weighted by molar-refractivity contribution is 0.00583. The molecule has 1 aliphatic heterocycles. The third-order valence-corrected chi connectivity index (χ3v) is 3.80. The summed E-state index contributed by atoms with van der Waals surface area (Å²) in [4.78, 5) is 2.17. The molecule has 2 N–H and O–H groups in total. The zero-order valence-corrected chi connectivity index (χ0v) is 11.7. The van der Waals surface area contributed by atoms with E-state index in [4.69, 9.17) is 0 Å². The molecule has 1 saturated heterocycles. The molecule has 0 aliphatic carbocycles. The van der Waals surface area contributed by atoms with E-state index in [9.17, 15) is 5.11 Å². The molecule has 0 spiro atoms.